The molecule has 0 aliphatic carbocycles. The number of nitrogens with zero attached hydrogens (tertiary/aromatic N) is 3. The maximum Gasteiger partial charge on any atom is 0.131 e. The first kappa shape index (κ1) is 15.9. The molecule has 0 aliphatic rings. The lowest BCUT2D eigenvalue weighted by Crippen LogP contribution is -2.29. The van der Waals surface area contributed by atoms with Crippen LogP contribution < -0.4 is 10.2 Å². The number of hydrogen-bond donors (Lipinski definition) is 1. The quantitative estimate of drug-likeness (QED) is 0.769. The summed E-state index contributed by atoms with van der Waals surface area (Å²) >= 11 is 0. The van der Waals surface area contributed by atoms with Gasteiger partial charge in [0.25, 0.3) is 0 Å². The zero-order chi connectivity index (χ0) is 14.4. The van der Waals surface area contributed by atoms with Gasteiger partial charge in [-0.1, -0.05) is 20.8 Å². The molecule has 0 aliphatic heterocycles. The third-order valence-electron chi connectivity index (χ3n) is 3.25. The lowest BCUT2D eigenvalue weighted by Gasteiger charge is -2.26. The molecule has 0 spiro atoms. The first-order valence-electron chi connectivity index (χ1n) is 7.26. The van der Waals surface area contributed by atoms with Crippen molar-refractivity contribution in [3.8, 4) is 0 Å². The van der Waals surface area contributed by atoms with Gasteiger partial charge in [-0.3, -0.25) is 0 Å². The fraction of sp³-hybridized carbons (Fsp3) is 0.733. The molecular weight excluding hydrogens is 236 g/mol. The number of nitrogens with one attached hydrogen (secondary N) is 1. The largest absolute Gasteiger partial charge is 0.369 e. The minimum Gasteiger partial charge on any atom is -0.369 e. The van der Waals surface area contributed by atoms with E-state index < -0.39 is 0 Å². The third-order valence-corrected chi connectivity index (χ3v) is 3.25. The van der Waals surface area contributed by atoms with E-state index in [1.807, 2.05) is 6.20 Å². The standard InChI is InChI=1S/C15H28N4/c1-7-8-16-9-13-14(19(6)12(4)5)10-17-15(18-13)11(2)3/h10-12,16H,7-9H2,1-6H3. The van der Waals surface area contributed by atoms with Gasteiger partial charge < -0.3 is 10.2 Å². The van der Waals surface area contributed by atoms with E-state index in [0.717, 1.165) is 36.7 Å². The second-order valence-corrected chi connectivity index (χ2v) is 5.60. The number of hydrogen-bond acceptors (Lipinski definition) is 4. The molecule has 1 rings (SSSR count). The monoisotopic (exact) mass is 264 g/mol. The van der Waals surface area contributed by atoms with Crippen LogP contribution in [0.25, 0.3) is 0 Å². The summed E-state index contributed by atoms with van der Waals surface area (Å²) in [5.74, 6) is 1.29. The third kappa shape index (κ3) is 4.46. The minimum absolute atomic E-state index is 0.364. The Morgan fingerprint density at radius 2 is 1.95 bits per heavy atom. The van der Waals surface area contributed by atoms with Crippen molar-refractivity contribution in [2.24, 2.45) is 0 Å². The van der Waals surface area contributed by atoms with E-state index in [1.54, 1.807) is 0 Å². The highest BCUT2D eigenvalue weighted by Crippen LogP contribution is 2.21. The summed E-state index contributed by atoms with van der Waals surface area (Å²) in [7, 11) is 2.10. The van der Waals surface area contributed by atoms with Crippen molar-refractivity contribution in [1.29, 1.82) is 0 Å². The van der Waals surface area contributed by atoms with Crippen LogP contribution in [0.3, 0.4) is 0 Å². The first-order chi connectivity index (χ1) is 8.97. The molecule has 0 atom stereocenters. The van der Waals surface area contributed by atoms with Gasteiger partial charge in [0.2, 0.25) is 0 Å². The van der Waals surface area contributed by atoms with E-state index in [9.17, 15) is 0 Å². The highest BCUT2D eigenvalue weighted by atomic mass is 15.2. The second kappa shape index (κ2) is 7.43. The fourth-order valence-electron chi connectivity index (χ4n) is 1.79. The van der Waals surface area contributed by atoms with Crippen molar-refractivity contribution in [1.82, 2.24) is 15.3 Å². The molecule has 1 N–H and O–H groups in total. The maximum atomic E-state index is 4.73. The van der Waals surface area contributed by atoms with Crippen molar-refractivity contribution in [3.63, 3.8) is 0 Å². The molecule has 108 valence electrons. The lowest BCUT2D eigenvalue weighted by molar-refractivity contribution is 0.644. The molecule has 4 heteroatoms. The van der Waals surface area contributed by atoms with Gasteiger partial charge in [0.05, 0.1) is 17.6 Å². The van der Waals surface area contributed by atoms with E-state index >= 15 is 0 Å². The van der Waals surface area contributed by atoms with E-state index in [2.05, 4.69) is 56.9 Å². The van der Waals surface area contributed by atoms with Crippen molar-refractivity contribution >= 4 is 5.69 Å². The fourth-order valence-corrected chi connectivity index (χ4v) is 1.79. The van der Waals surface area contributed by atoms with E-state index in [4.69, 9.17) is 4.98 Å². The summed E-state index contributed by atoms with van der Waals surface area (Å²) in [4.78, 5) is 11.5. The molecule has 0 saturated heterocycles. The van der Waals surface area contributed by atoms with Gasteiger partial charge in [0, 0.05) is 25.6 Å². The smallest absolute Gasteiger partial charge is 0.131 e. The van der Waals surface area contributed by atoms with Crippen molar-refractivity contribution < 1.29 is 0 Å². The molecule has 1 heterocycles. The molecule has 0 amide bonds. The molecule has 1 aromatic rings. The first-order valence-corrected chi connectivity index (χ1v) is 7.26. The molecule has 4 nitrogen and oxygen atoms in total. The van der Waals surface area contributed by atoms with E-state index in [1.165, 1.54) is 0 Å². The van der Waals surface area contributed by atoms with Crippen LogP contribution in [0, 0.1) is 0 Å². The highest BCUT2D eigenvalue weighted by molar-refractivity contribution is 5.49. The Morgan fingerprint density at radius 3 is 2.47 bits per heavy atom. The van der Waals surface area contributed by atoms with Crippen molar-refractivity contribution in [2.75, 3.05) is 18.5 Å². The molecule has 1 aromatic heterocycles. The summed E-state index contributed by atoms with van der Waals surface area (Å²) in [6.07, 6.45) is 3.10. The zero-order valence-electron chi connectivity index (χ0n) is 13.2. The van der Waals surface area contributed by atoms with Gasteiger partial charge in [-0.15, -0.1) is 0 Å². The predicted molar refractivity (Wildman–Crippen MR) is 81.7 cm³/mol. The molecule has 0 fully saturated rings. The number of anilines is 1. The van der Waals surface area contributed by atoms with Gasteiger partial charge in [0.15, 0.2) is 0 Å². The second-order valence-electron chi connectivity index (χ2n) is 5.60. The average Bonchev–Trinajstić information content (AvgIpc) is 2.37. The van der Waals surface area contributed by atoms with Crippen LogP contribution in [0.1, 0.15) is 58.5 Å². The summed E-state index contributed by atoms with van der Waals surface area (Å²) in [5.41, 5.74) is 2.23. The van der Waals surface area contributed by atoms with Crippen molar-refractivity contribution in [2.45, 2.75) is 59.5 Å². The van der Waals surface area contributed by atoms with Gasteiger partial charge in [-0.2, -0.15) is 0 Å². The van der Waals surface area contributed by atoms with Gasteiger partial charge in [-0.05, 0) is 26.8 Å². The number of aromatic nitrogens is 2. The van der Waals surface area contributed by atoms with Gasteiger partial charge in [-0.25, -0.2) is 9.97 Å². The van der Waals surface area contributed by atoms with E-state index in [-0.39, 0.29) is 0 Å². The Labute approximate surface area is 117 Å². The van der Waals surface area contributed by atoms with Crippen LogP contribution in [0.5, 0.6) is 0 Å². The highest BCUT2D eigenvalue weighted by Gasteiger charge is 2.14. The Balaban J connectivity index is 3.00. The Morgan fingerprint density at radius 1 is 1.26 bits per heavy atom. The summed E-state index contributed by atoms with van der Waals surface area (Å²) in [6, 6.07) is 0.443. The lowest BCUT2D eigenvalue weighted by atomic mass is 10.2. The molecule has 0 bridgehead atoms. The van der Waals surface area contributed by atoms with Crippen LogP contribution in [0.2, 0.25) is 0 Å². The molecule has 0 aromatic carbocycles. The van der Waals surface area contributed by atoms with Crippen LogP contribution in [-0.4, -0.2) is 29.6 Å². The topological polar surface area (TPSA) is 41.1 Å². The van der Waals surface area contributed by atoms with Crippen LogP contribution in [-0.2, 0) is 6.54 Å². The summed E-state index contributed by atoms with van der Waals surface area (Å²) in [6.45, 7) is 12.6. The minimum atomic E-state index is 0.364. The van der Waals surface area contributed by atoms with E-state index in [0.29, 0.717) is 12.0 Å². The average molecular weight is 264 g/mol. The SMILES string of the molecule is CCCNCc1nc(C(C)C)ncc1N(C)C(C)C. The molecule has 0 radical (unpaired) electrons. The van der Waals surface area contributed by atoms with Gasteiger partial charge in [0.1, 0.15) is 5.82 Å². The van der Waals surface area contributed by atoms with Crippen LogP contribution in [0.4, 0.5) is 5.69 Å². The van der Waals surface area contributed by atoms with Gasteiger partial charge >= 0.3 is 0 Å². The Hall–Kier alpha value is -1.16. The summed E-state index contributed by atoms with van der Waals surface area (Å²) < 4.78 is 0. The normalized spacial score (nSPS) is 11.4. The van der Waals surface area contributed by atoms with Crippen LogP contribution in [0.15, 0.2) is 6.20 Å². The predicted octanol–water partition coefficient (Wildman–Crippen LogP) is 2.94. The molecular formula is C15H28N4. The molecule has 19 heavy (non-hydrogen) atoms. The number of rotatable bonds is 7. The molecule has 0 saturated carbocycles. The van der Waals surface area contributed by atoms with Crippen LogP contribution >= 0.6 is 0 Å². The van der Waals surface area contributed by atoms with Crippen molar-refractivity contribution in [3.05, 3.63) is 17.7 Å². The Bertz CT molecular complexity index is 388. The summed E-state index contributed by atoms with van der Waals surface area (Å²) in [5, 5.41) is 3.43. The Kier molecular flexibility index (Phi) is 6.22. The zero-order valence-corrected chi connectivity index (χ0v) is 13.2. The molecule has 0 unspecified atom stereocenters. The maximum absolute atomic E-state index is 4.73.